The highest BCUT2D eigenvalue weighted by Gasteiger charge is 2.36. The molecule has 0 spiro atoms. The maximum absolute atomic E-state index is 13.3. The topological polar surface area (TPSA) is 40.6 Å². The van der Waals surface area contributed by atoms with Gasteiger partial charge in [-0.05, 0) is 38.1 Å². The minimum Gasteiger partial charge on any atom is -0.303 e. The number of likely N-dealkylation sites (N-methyl/N-ethyl adjacent to an activating group) is 1. The summed E-state index contributed by atoms with van der Waals surface area (Å²) in [6, 6.07) is 15.3. The Morgan fingerprint density at radius 1 is 1.00 bits per heavy atom. The molecular weight excluding hydrogens is 356 g/mol. The quantitative estimate of drug-likeness (QED) is 0.819. The first-order valence-electron chi connectivity index (χ1n) is 8.22. The van der Waals surface area contributed by atoms with Gasteiger partial charge < -0.3 is 4.90 Å². The summed E-state index contributed by atoms with van der Waals surface area (Å²) >= 11 is 0. The van der Waals surface area contributed by atoms with Crippen LogP contribution < -0.4 is 0 Å². The Kier molecular flexibility index (Phi) is 6.27. The molecule has 0 aliphatic carbocycles. The number of aryl methyl sites for hydroxylation is 2. The summed E-state index contributed by atoms with van der Waals surface area (Å²) in [5, 5.41) is 0. The van der Waals surface area contributed by atoms with Crippen molar-refractivity contribution in [1.29, 1.82) is 0 Å². The van der Waals surface area contributed by atoms with Crippen LogP contribution in [-0.4, -0.2) is 44.3 Å². The van der Waals surface area contributed by atoms with Crippen molar-refractivity contribution in [3.8, 4) is 0 Å². The van der Waals surface area contributed by atoms with Crippen LogP contribution in [-0.2, 0) is 10.0 Å². The van der Waals surface area contributed by atoms with Gasteiger partial charge in [0.15, 0.2) is 0 Å². The molecule has 0 aromatic heterocycles. The molecule has 1 unspecified atom stereocenters. The lowest BCUT2D eigenvalue weighted by Crippen LogP contribution is -2.49. The van der Waals surface area contributed by atoms with Crippen molar-refractivity contribution < 1.29 is 8.42 Å². The second-order valence-electron chi connectivity index (χ2n) is 6.57. The SMILES string of the molecule is Cc1ccc(S(=O)(=O)N2CCN(C)CC2c2ccccc2)c(C)c1.Cl. The normalized spacial score (nSPS) is 19.4. The molecule has 2 aromatic rings. The minimum absolute atomic E-state index is 0. The van der Waals surface area contributed by atoms with Crippen LogP contribution in [0.3, 0.4) is 0 Å². The fraction of sp³-hybridized carbons (Fsp3) is 0.368. The van der Waals surface area contributed by atoms with Crippen molar-refractivity contribution in [3.05, 3.63) is 65.2 Å². The number of hydrogen-bond acceptors (Lipinski definition) is 3. The van der Waals surface area contributed by atoms with Gasteiger partial charge in [-0.15, -0.1) is 12.4 Å². The van der Waals surface area contributed by atoms with Crippen LogP contribution in [0.2, 0.25) is 0 Å². The van der Waals surface area contributed by atoms with Crippen LogP contribution in [0, 0.1) is 13.8 Å². The molecule has 1 heterocycles. The van der Waals surface area contributed by atoms with E-state index in [1.54, 1.807) is 10.4 Å². The van der Waals surface area contributed by atoms with Crippen molar-refractivity contribution in [2.45, 2.75) is 24.8 Å². The molecule has 1 fully saturated rings. The van der Waals surface area contributed by atoms with E-state index in [2.05, 4.69) is 4.90 Å². The Morgan fingerprint density at radius 2 is 1.68 bits per heavy atom. The molecule has 0 saturated carbocycles. The predicted octanol–water partition coefficient (Wildman–Crippen LogP) is 3.40. The van der Waals surface area contributed by atoms with Crippen LogP contribution in [0.4, 0.5) is 0 Å². The third kappa shape index (κ3) is 4.06. The smallest absolute Gasteiger partial charge is 0.243 e. The van der Waals surface area contributed by atoms with Crippen LogP contribution in [0.1, 0.15) is 22.7 Å². The fourth-order valence-electron chi connectivity index (χ4n) is 3.35. The maximum Gasteiger partial charge on any atom is 0.243 e. The van der Waals surface area contributed by atoms with Crippen LogP contribution >= 0.6 is 12.4 Å². The number of hydrogen-bond donors (Lipinski definition) is 0. The zero-order valence-corrected chi connectivity index (χ0v) is 16.5. The maximum atomic E-state index is 13.3. The fourth-order valence-corrected chi connectivity index (χ4v) is 5.16. The van der Waals surface area contributed by atoms with Gasteiger partial charge in [0, 0.05) is 19.6 Å². The standard InChI is InChI=1S/C19H24N2O2S.ClH/c1-15-9-10-19(16(2)13-15)24(22,23)21-12-11-20(3)14-18(21)17-7-5-4-6-8-17;/h4-10,13,18H,11-12,14H2,1-3H3;1H. The summed E-state index contributed by atoms with van der Waals surface area (Å²) in [5.41, 5.74) is 2.92. The number of rotatable bonds is 3. The first-order valence-corrected chi connectivity index (χ1v) is 9.66. The van der Waals surface area contributed by atoms with Crippen LogP contribution in [0.5, 0.6) is 0 Å². The van der Waals surface area contributed by atoms with Gasteiger partial charge in [0.05, 0.1) is 10.9 Å². The number of halogens is 1. The minimum atomic E-state index is -3.52. The van der Waals surface area contributed by atoms with Crippen LogP contribution in [0.25, 0.3) is 0 Å². The highest BCUT2D eigenvalue weighted by Crippen LogP contribution is 2.32. The van der Waals surface area contributed by atoms with Crippen LogP contribution in [0.15, 0.2) is 53.4 Å². The summed E-state index contributed by atoms with van der Waals surface area (Å²) in [7, 11) is -1.48. The molecule has 1 aliphatic heterocycles. The Morgan fingerprint density at radius 3 is 2.32 bits per heavy atom. The molecular formula is C19H25ClN2O2S. The van der Waals surface area contributed by atoms with Gasteiger partial charge in [0.1, 0.15) is 0 Å². The van der Waals surface area contributed by atoms with Crippen molar-refractivity contribution in [2.24, 2.45) is 0 Å². The van der Waals surface area contributed by atoms with E-state index in [0.29, 0.717) is 18.0 Å². The molecule has 0 amide bonds. The molecule has 0 radical (unpaired) electrons. The second kappa shape index (κ2) is 7.87. The van der Waals surface area contributed by atoms with E-state index in [1.807, 2.05) is 63.4 Å². The number of piperazine rings is 1. The van der Waals surface area contributed by atoms with E-state index in [1.165, 1.54) is 0 Å². The molecule has 25 heavy (non-hydrogen) atoms. The lowest BCUT2D eigenvalue weighted by molar-refractivity contribution is 0.160. The van der Waals surface area contributed by atoms with Gasteiger partial charge in [-0.1, -0.05) is 48.0 Å². The molecule has 4 nitrogen and oxygen atoms in total. The molecule has 1 aliphatic rings. The molecule has 0 bridgehead atoms. The molecule has 3 rings (SSSR count). The average molecular weight is 381 g/mol. The zero-order chi connectivity index (χ0) is 17.3. The lowest BCUT2D eigenvalue weighted by atomic mass is 10.1. The molecule has 6 heteroatoms. The summed E-state index contributed by atoms with van der Waals surface area (Å²) in [4.78, 5) is 2.60. The van der Waals surface area contributed by atoms with Gasteiger partial charge >= 0.3 is 0 Å². The number of sulfonamides is 1. The summed E-state index contributed by atoms with van der Waals surface area (Å²) < 4.78 is 28.3. The summed E-state index contributed by atoms with van der Waals surface area (Å²) in [6.07, 6.45) is 0. The Labute approximate surface area is 156 Å². The van der Waals surface area contributed by atoms with Gasteiger partial charge in [-0.2, -0.15) is 4.31 Å². The molecule has 2 aromatic carbocycles. The predicted molar refractivity (Wildman–Crippen MR) is 104 cm³/mol. The molecule has 0 N–H and O–H groups in total. The highest BCUT2D eigenvalue weighted by atomic mass is 35.5. The van der Waals surface area contributed by atoms with E-state index in [0.717, 1.165) is 23.2 Å². The first kappa shape index (κ1) is 19.9. The zero-order valence-electron chi connectivity index (χ0n) is 14.8. The van der Waals surface area contributed by atoms with Crippen molar-refractivity contribution in [3.63, 3.8) is 0 Å². The molecule has 1 saturated heterocycles. The Bertz CT molecular complexity index is 825. The molecule has 1 atom stereocenters. The van der Waals surface area contributed by atoms with E-state index >= 15 is 0 Å². The van der Waals surface area contributed by atoms with E-state index in [-0.39, 0.29) is 18.4 Å². The van der Waals surface area contributed by atoms with E-state index < -0.39 is 10.0 Å². The average Bonchev–Trinajstić information content (AvgIpc) is 2.55. The third-order valence-electron chi connectivity index (χ3n) is 4.64. The third-order valence-corrected chi connectivity index (χ3v) is 6.70. The highest BCUT2D eigenvalue weighted by molar-refractivity contribution is 7.89. The number of benzene rings is 2. The van der Waals surface area contributed by atoms with Gasteiger partial charge in [-0.25, -0.2) is 8.42 Å². The van der Waals surface area contributed by atoms with Crippen molar-refractivity contribution in [2.75, 3.05) is 26.7 Å². The second-order valence-corrected chi connectivity index (χ2v) is 8.43. The molecule has 136 valence electrons. The summed E-state index contributed by atoms with van der Waals surface area (Å²) in [5.74, 6) is 0. The summed E-state index contributed by atoms with van der Waals surface area (Å²) in [6.45, 7) is 5.80. The Hall–Kier alpha value is -1.40. The Balaban J connectivity index is 0.00000225. The van der Waals surface area contributed by atoms with Gasteiger partial charge in [-0.3, -0.25) is 0 Å². The van der Waals surface area contributed by atoms with E-state index in [9.17, 15) is 8.42 Å². The van der Waals surface area contributed by atoms with E-state index in [4.69, 9.17) is 0 Å². The lowest BCUT2D eigenvalue weighted by Gasteiger charge is -2.39. The van der Waals surface area contributed by atoms with Gasteiger partial charge in [0.25, 0.3) is 0 Å². The van der Waals surface area contributed by atoms with Gasteiger partial charge in [0.2, 0.25) is 10.0 Å². The number of nitrogens with zero attached hydrogens (tertiary/aromatic N) is 2. The van der Waals surface area contributed by atoms with Crippen molar-refractivity contribution >= 4 is 22.4 Å². The largest absolute Gasteiger partial charge is 0.303 e. The monoisotopic (exact) mass is 380 g/mol. The van der Waals surface area contributed by atoms with Crippen molar-refractivity contribution in [1.82, 2.24) is 9.21 Å². The first-order chi connectivity index (χ1) is 11.4.